The Balaban J connectivity index is 0.00000180. The van der Waals surface area contributed by atoms with Gasteiger partial charge in [-0.2, -0.15) is 0 Å². The fraction of sp³-hybridized carbons (Fsp3) is 0.417. The topological polar surface area (TPSA) is 61.4 Å². The lowest BCUT2D eigenvalue weighted by molar-refractivity contribution is 0.0926. The number of hydrogen-bond acceptors (Lipinski definition) is 3. The van der Waals surface area contributed by atoms with Crippen molar-refractivity contribution in [3.63, 3.8) is 0 Å². The number of hydrogen-bond donors (Lipinski definition) is 3. The van der Waals surface area contributed by atoms with E-state index in [1.165, 1.54) is 6.07 Å². The van der Waals surface area contributed by atoms with Gasteiger partial charge in [0.15, 0.2) is 0 Å². The maximum Gasteiger partial charge on any atom is 0.251 e. The van der Waals surface area contributed by atoms with E-state index in [2.05, 4.69) is 10.6 Å². The predicted octanol–water partition coefficient (Wildman–Crippen LogP) is 1.21. The molecule has 19 heavy (non-hydrogen) atoms. The zero-order valence-corrected chi connectivity index (χ0v) is 11.6. The van der Waals surface area contributed by atoms with Gasteiger partial charge in [0.05, 0.1) is 6.10 Å². The average Bonchev–Trinajstić information content (AvgIpc) is 2.70. The van der Waals surface area contributed by atoms with Gasteiger partial charge in [0.2, 0.25) is 0 Å². The number of rotatable bonds is 3. The molecule has 0 aromatic heterocycles. The van der Waals surface area contributed by atoms with Gasteiger partial charge >= 0.3 is 0 Å². The molecule has 4 nitrogen and oxygen atoms in total. The first-order valence-electron chi connectivity index (χ1n) is 5.69. The molecule has 1 amide bonds. The van der Waals surface area contributed by atoms with Gasteiger partial charge in [-0.15, -0.1) is 12.4 Å². The molecule has 1 fully saturated rings. The van der Waals surface area contributed by atoms with Crippen molar-refractivity contribution in [1.82, 2.24) is 10.6 Å². The summed E-state index contributed by atoms with van der Waals surface area (Å²) in [6.45, 7) is 1.54. The Hall–Kier alpha value is -0.880. The standard InChI is InChI=1S/C12H14ClFN2O2.ClH/c13-9-1-7(2-10(14)3-9)12(18)16-5-8-4-15-6-11(8)17;/h1-3,8,11,15,17H,4-6H2,(H,16,18);1H. The third kappa shape index (κ3) is 4.31. The normalized spacial score (nSPS) is 21.8. The molecule has 2 atom stereocenters. The quantitative estimate of drug-likeness (QED) is 0.786. The molecule has 1 heterocycles. The lowest BCUT2D eigenvalue weighted by Gasteiger charge is -2.14. The maximum absolute atomic E-state index is 13.1. The van der Waals surface area contributed by atoms with Crippen LogP contribution in [0.15, 0.2) is 18.2 Å². The fourth-order valence-corrected chi connectivity index (χ4v) is 2.16. The lowest BCUT2D eigenvalue weighted by Crippen LogP contribution is -2.34. The zero-order chi connectivity index (χ0) is 13.1. The molecule has 1 saturated heterocycles. The van der Waals surface area contributed by atoms with E-state index in [0.717, 1.165) is 12.1 Å². The van der Waals surface area contributed by atoms with Gasteiger partial charge in [0.1, 0.15) is 5.82 Å². The Morgan fingerprint density at radius 1 is 1.47 bits per heavy atom. The molecule has 3 N–H and O–H groups in total. The fourth-order valence-electron chi connectivity index (χ4n) is 1.94. The molecular weight excluding hydrogens is 294 g/mol. The van der Waals surface area contributed by atoms with Crippen molar-refractivity contribution in [1.29, 1.82) is 0 Å². The van der Waals surface area contributed by atoms with E-state index in [9.17, 15) is 14.3 Å². The number of nitrogens with one attached hydrogen (secondary N) is 2. The summed E-state index contributed by atoms with van der Waals surface area (Å²) in [6, 6.07) is 3.68. The number of carbonyl (C=O) groups excluding carboxylic acids is 1. The van der Waals surface area contributed by atoms with Crippen LogP contribution < -0.4 is 10.6 Å². The highest BCUT2D eigenvalue weighted by atomic mass is 35.5. The molecule has 106 valence electrons. The van der Waals surface area contributed by atoms with Gasteiger partial charge in [-0.3, -0.25) is 4.79 Å². The van der Waals surface area contributed by atoms with Crippen LogP contribution in [-0.2, 0) is 0 Å². The van der Waals surface area contributed by atoms with Gasteiger partial charge in [-0.25, -0.2) is 4.39 Å². The number of carbonyl (C=O) groups is 1. The van der Waals surface area contributed by atoms with Crippen molar-refractivity contribution in [3.8, 4) is 0 Å². The van der Waals surface area contributed by atoms with Crippen LogP contribution in [0.3, 0.4) is 0 Å². The Bertz CT molecular complexity index is 439. The number of aliphatic hydroxyl groups is 1. The van der Waals surface area contributed by atoms with E-state index in [1.807, 2.05) is 0 Å². The van der Waals surface area contributed by atoms with Crippen LogP contribution in [0.5, 0.6) is 0 Å². The molecule has 7 heteroatoms. The molecular formula is C12H15Cl2FN2O2. The Kier molecular flexibility index (Phi) is 6.00. The van der Waals surface area contributed by atoms with Crippen molar-refractivity contribution in [2.45, 2.75) is 6.10 Å². The highest BCUT2D eigenvalue weighted by Gasteiger charge is 2.25. The second-order valence-corrected chi connectivity index (χ2v) is 4.79. The van der Waals surface area contributed by atoms with Gasteiger partial charge in [0, 0.05) is 36.1 Å². The van der Waals surface area contributed by atoms with Crippen molar-refractivity contribution in [3.05, 3.63) is 34.6 Å². The minimum absolute atomic E-state index is 0. The zero-order valence-electron chi connectivity index (χ0n) is 10.0. The van der Waals surface area contributed by atoms with Gasteiger partial charge in [-0.1, -0.05) is 11.6 Å². The second kappa shape index (κ2) is 7.05. The summed E-state index contributed by atoms with van der Waals surface area (Å²) in [5.41, 5.74) is 0.181. The predicted molar refractivity (Wildman–Crippen MR) is 73.4 cm³/mol. The minimum Gasteiger partial charge on any atom is -0.391 e. The van der Waals surface area contributed by atoms with E-state index in [0.29, 0.717) is 19.6 Å². The van der Waals surface area contributed by atoms with Crippen molar-refractivity contribution >= 4 is 29.9 Å². The summed E-state index contributed by atoms with van der Waals surface area (Å²) < 4.78 is 13.1. The molecule has 1 aliphatic rings. The van der Waals surface area contributed by atoms with Gasteiger partial charge in [-0.05, 0) is 18.2 Å². The average molecular weight is 309 g/mol. The number of benzene rings is 1. The first kappa shape index (κ1) is 16.2. The summed E-state index contributed by atoms with van der Waals surface area (Å²) in [7, 11) is 0. The van der Waals surface area contributed by atoms with Crippen molar-refractivity contribution in [2.24, 2.45) is 5.92 Å². The molecule has 2 unspecified atom stereocenters. The smallest absolute Gasteiger partial charge is 0.251 e. The van der Waals surface area contributed by atoms with E-state index in [-0.39, 0.29) is 28.9 Å². The van der Waals surface area contributed by atoms with Crippen LogP contribution in [0.25, 0.3) is 0 Å². The van der Waals surface area contributed by atoms with E-state index in [4.69, 9.17) is 11.6 Å². The number of aliphatic hydroxyl groups excluding tert-OH is 1. The van der Waals surface area contributed by atoms with Crippen LogP contribution in [0.1, 0.15) is 10.4 Å². The van der Waals surface area contributed by atoms with Gasteiger partial charge < -0.3 is 15.7 Å². The van der Waals surface area contributed by atoms with Crippen LogP contribution in [0.4, 0.5) is 4.39 Å². The molecule has 1 aliphatic heterocycles. The summed E-state index contributed by atoms with van der Waals surface area (Å²) in [6.07, 6.45) is -0.457. The molecule has 0 spiro atoms. The number of halogens is 3. The van der Waals surface area contributed by atoms with E-state index in [1.54, 1.807) is 0 Å². The molecule has 1 aromatic rings. The molecule has 2 rings (SSSR count). The highest BCUT2D eigenvalue weighted by molar-refractivity contribution is 6.31. The first-order chi connectivity index (χ1) is 8.56. The highest BCUT2D eigenvalue weighted by Crippen LogP contribution is 2.14. The Labute approximate surface area is 121 Å². The summed E-state index contributed by atoms with van der Waals surface area (Å²) in [4.78, 5) is 11.8. The van der Waals surface area contributed by atoms with Gasteiger partial charge in [0.25, 0.3) is 5.91 Å². The molecule has 0 radical (unpaired) electrons. The Morgan fingerprint density at radius 2 is 2.21 bits per heavy atom. The summed E-state index contributed by atoms with van der Waals surface area (Å²) in [5.74, 6) is -0.955. The minimum atomic E-state index is -0.546. The van der Waals surface area contributed by atoms with Crippen molar-refractivity contribution in [2.75, 3.05) is 19.6 Å². The van der Waals surface area contributed by atoms with Crippen LogP contribution >= 0.6 is 24.0 Å². The van der Waals surface area contributed by atoms with Crippen LogP contribution in [0.2, 0.25) is 5.02 Å². The summed E-state index contributed by atoms with van der Waals surface area (Å²) in [5, 5.41) is 15.4. The molecule has 0 aliphatic carbocycles. The van der Waals surface area contributed by atoms with E-state index < -0.39 is 17.8 Å². The largest absolute Gasteiger partial charge is 0.391 e. The Morgan fingerprint density at radius 3 is 2.79 bits per heavy atom. The molecule has 0 saturated carbocycles. The molecule has 0 bridgehead atoms. The SMILES string of the molecule is Cl.O=C(NCC1CNCC1O)c1cc(F)cc(Cl)c1. The molecule has 1 aromatic carbocycles. The van der Waals surface area contributed by atoms with Crippen molar-refractivity contribution < 1.29 is 14.3 Å². The number of β-amino-alcohol motifs (C(OH)–C–C–N with tert-alkyl or cyclic N) is 1. The first-order valence-corrected chi connectivity index (χ1v) is 6.07. The van der Waals surface area contributed by atoms with E-state index >= 15 is 0 Å². The maximum atomic E-state index is 13.1. The monoisotopic (exact) mass is 308 g/mol. The third-order valence-electron chi connectivity index (χ3n) is 2.95. The third-order valence-corrected chi connectivity index (χ3v) is 3.17. The van der Waals surface area contributed by atoms with Crippen LogP contribution in [-0.4, -0.2) is 36.8 Å². The summed E-state index contributed by atoms with van der Waals surface area (Å²) >= 11 is 5.67. The second-order valence-electron chi connectivity index (χ2n) is 4.35. The van der Waals surface area contributed by atoms with Crippen LogP contribution in [0, 0.1) is 11.7 Å². The number of amides is 1. The lowest BCUT2D eigenvalue weighted by atomic mass is 10.1.